The second-order valence-electron chi connectivity index (χ2n) is 3.61. The number of pyridine rings is 1. The molecule has 2 heterocycles. The normalized spacial score (nSPS) is 10.3. The number of nitrogens with zero attached hydrogens (tertiary/aromatic N) is 3. The first kappa shape index (κ1) is 12.7. The van der Waals surface area contributed by atoms with E-state index in [9.17, 15) is 4.79 Å². The molecule has 1 N–H and O–H groups in total. The Morgan fingerprint density at radius 1 is 1.50 bits per heavy atom. The third kappa shape index (κ3) is 3.36. The summed E-state index contributed by atoms with van der Waals surface area (Å²) in [5.74, 6) is 0.936. The Morgan fingerprint density at radius 3 is 2.94 bits per heavy atom. The van der Waals surface area contributed by atoms with Crippen LogP contribution >= 0.6 is 15.9 Å². The number of carbonyl (C=O) groups is 1. The number of nitrogens with one attached hydrogen (secondary N) is 1. The summed E-state index contributed by atoms with van der Waals surface area (Å²) in [5, 5.41) is 6.50. The first-order chi connectivity index (χ1) is 8.65. The highest BCUT2D eigenvalue weighted by Gasteiger charge is 2.06. The number of aryl methyl sites for hydroxylation is 1. The van der Waals surface area contributed by atoms with Crippen LogP contribution in [0.5, 0.6) is 0 Å². The molecule has 7 heteroatoms. The lowest BCUT2D eigenvalue weighted by Crippen LogP contribution is -2.26. The van der Waals surface area contributed by atoms with E-state index < -0.39 is 0 Å². The molecule has 2 aromatic rings. The fraction of sp³-hybridized carbons (Fsp3) is 0.273. The number of hydrogen-bond acceptors (Lipinski definition) is 5. The fourth-order valence-corrected chi connectivity index (χ4v) is 1.58. The van der Waals surface area contributed by atoms with E-state index >= 15 is 0 Å². The highest BCUT2D eigenvalue weighted by molar-refractivity contribution is 9.10. The van der Waals surface area contributed by atoms with Crippen LogP contribution in [0, 0.1) is 6.92 Å². The average molecular weight is 311 g/mol. The van der Waals surface area contributed by atoms with Crippen LogP contribution in [-0.4, -0.2) is 27.6 Å². The zero-order chi connectivity index (χ0) is 13.0. The van der Waals surface area contributed by atoms with E-state index in [1.165, 1.54) is 6.20 Å². The van der Waals surface area contributed by atoms with Crippen LogP contribution in [0.1, 0.15) is 22.1 Å². The van der Waals surface area contributed by atoms with Gasteiger partial charge in [0.1, 0.15) is 4.60 Å². The third-order valence-electron chi connectivity index (χ3n) is 2.19. The van der Waals surface area contributed by atoms with Crippen molar-refractivity contribution in [3.05, 3.63) is 40.2 Å². The molecule has 0 aliphatic carbocycles. The van der Waals surface area contributed by atoms with Gasteiger partial charge in [-0.25, -0.2) is 4.98 Å². The van der Waals surface area contributed by atoms with E-state index in [-0.39, 0.29) is 5.91 Å². The molecule has 0 aromatic carbocycles. The zero-order valence-corrected chi connectivity index (χ0v) is 11.3. The van der Waals surface area contributed by atoms with Crippen molar-refractivity contribution < 1.29 is 9.32 Å². The van der Waals surface area contributed by atoms with Gasteiger partial charge in [0.05, 0.1) is 5.56 Å². The van der Waals surface area contributed by atoms with Gasteiger partial charge in [0.15, 0.2) is 5.82 Å². The molecule has 0 fully saturated rings. The Morgan fingerprint density at radius 2 is 2.33 bits per heavy atom. The molecule has 0 bridgehead atoms. The van der Waals surface area contributed by atoms with Gasteiger partial charge in [0.2, 0.25) is 5.89 Å². The lowest BCUT2D eigenvalue weighted by Gasteiger charge is -2.02. The van der Waals surface area contributed by atoms with Gasteiger partial charge in [-0.05, 0) is 28.1 Å². The zero-order valence-electron chi connectivity index (χ0n) is 9.68. The third-order valence-corrected chi connectivity index (χ3v) is 2.66. The highest BCUT2D eigenvalue weighted by Crippen LogP contribution is 2.06. The second-order valence-corrected chi connectivity index (χ2v) is 4.42. The van der Waals surface area contributed by atoms with E-state index in [1.807, 2.05) is 0 Å². The molecule has 0 unspecified atom stereocenters. The molecule has 18 heavy (non-hydrogen) atoms. The highest BCUT2D eigenvalue weighted by atomic mass is 79.9. The quantitative estimate of drug-likeness (QED) is 0.866. The maximum absolute atomic E-state index is 11.7. The molecule has 6 nitrogen and oxygen atoms in total. The lowest BCUT2D eigenvalue weighted by atomic mass is 10.2. The molecule has 0 saturated heterocycles. The van der Waals surface area contributed by atoms with Crippen molar-refractivity contribution in [1.29, 1.82) is 0 Å². The molecule has 94 valence electrons. The fourth-order valence-electron chi connectivity index (χ4n) is 1.34. The maximum Gasteiger partial charge on any atom is 0.252 e. The Kier molecular flexibility index (Phi) is 4.03. The van der Waals surface area contributed by atoms with Crippen LogP contribution in [0.15, 0.2) is 27.5 Å². The summed E-state index contributed by atoms with van der Waals surface area (Å²) in [4.78, 5) is 19.8. The van der Waals surface area contributed by atoms with E-state index in [0.29, 0.717) is 34.8 Å². The summed E-state index contributed by atoms with van der Waals surface area (Å²) in [6, 6.07) is 3.42. The predicted molar refractivity (Wildman–Crippen MR) is 67.0 cm³/mol. The van der Waals surface area contributed by atoms with E-state index in [4.69, 9.17) is 4.52 Å². The SMILES string of the molecule is Cc1nc(CCNC(=O)c2ccc(Br)nc2)no1. The van der Waals surface area contributed by atoms with Gasteiger partial charge >= 0.3 is 0 Å². The number of hydrogen-bond donors (Lipinski definition) is 1. The summed E-state index contributed by atoms with van der Waals surface area (Å²) < 4.78 is 5.53. The molecular weight excluding hydrogens is 300 g/mol. The molecule has 0 aliphatic rings. The molecule has 1 amide bonds. The largest absolute Gasteiger partial charge is 0.352 e. The summed E-state index contributed by atoms with van der Waals surface area (Å²) in [6.07, 6.45) is 2.05. The molecular formula is C11H11BrN4O2. The summed E-state index contributed by atoms with van der Waals surface area (Å²) in [5.41, 5.74) is 0.516. The van der Waals surface area contributed by atoms with Crippen LogP contribution in [0.3, 0.4) is 0 Å². The van der Waals surface area contributed by atoms with Crippen LogP contribution in [0.2, 0.25) is 0 Å². The van der Waals surface area contributed by atoms with Crippen molar-refractivity contribution in [2.24, 2.45) is 0 Å². The van der Waals surface area contributed by atoms with Crippen molar-refractivity contribution in [2.75, 3.05) is 6.54 Å². The predicted octanol–water partition coefficient (Wildman–Crippen LogP) is 1.51. The standard InChI is InChI=1S/C11H11BrN4O2/c1-7-15-10(16-18-7)4-5-13-11(17)8-2-3-9(12)14-6-8/h2-3,6H,4-5H2,1H3,(H,13,17). The van der Waals surface area contributed by atoms with Crippen LogP contribution in [0.25, 0.3) is 0 Å². The summed E-state index contributed by atoms with van der Waals surface area (Å²) >= 11 is 3.21. The van der Waals surface area contributed by atoms with Gasteiger partial charge in [0, 0.05) is 26.1 Å². The monoisotopic (exact) mass is 310 g/mol. The van der Waals surface area contributed by atoms with Crippen molar-refractivity contribution >= 4 is 21.8 Å². The van der Waals surface area contributed by atoms with Crippen LogP contribution in [-0.2, 0) is 6.42 Å². The Bertz CT molecular complexity index is 538. The van der Waals surface area contributed by atoms with E-state index in [2.05, 4.69) is 36.4 Å². The number of amides is 1. The van der Waals surface area contributed by atoms with Crippen molar-refractivity contribution in [3.63, 3.8) is 0 Å². The molecule has 2 aromatic heterocycles. The van der Waals surface area contributed by atoms with Gasteiger partial charge in [-0.2, -0.15) is 4.98 Å². The maximum atomic E-state index is 11.7. The minimum absolute atomic E-state index is 0.171. The molecule has 0 saturated carbocycles. The second kappa shape index (κ2) is 5.72. The summed E-state index contributed by atoms with van der Waals surface area (Å²) in [6.45, 7) is 2.18. The first-order valence-electron chi connectivity index (χ1n) is 5.34. The lowest BCUT2D eigenvalue weighted by molar-refractivity contribution is 0.0953. The van der Waals surface area contributed by atoms with Crippen LogP contribution < -0.4 is 5.32 Å². The topological polar surface area (TPSA) is 80.9 Å². The van der Waals surface area contributed by atoms with Gasteiger partial charge in [-0.15, -0.1) is 0 Å². The van der Waals surface area contributed by atoms with Gasteiger partial charge < -0.3 is 9.84 Å². The Balaban J connectivity index is 1.83. The Hall–Kier alpha value is -1.76. The van der Waals surface area contributed by atoms with Gasteiger partial charge in [0.25, 0.3) is 5.91 Å². The summed E-state index contributed by atoms with van der Waals surface area (Å²) in [7, 11) is 0. The smallest absolute Gasteiger partial charge is 0.252 e. The van der Waals surface area contributed by atoms with E-state index in [1.54, 1.807) is 19.1 Å². The number of halogens is 1. The van der Waals surface area contributed by atoms with Gasteiger partial charge in [-0.3, -0.25) is 4.79 Å². The average Bonchev–Trinajstić information content (AvgIpc) is 2.76. The first-order valence-corrected chi connectivity index (χ1v) is 6.13. The minimum Gasteiger partial charge on any atom is -0.352 e. The molecule has 0 aliphatic heterocycles. The number of rotatable bonds is 4. The van der Waals surface area contributed by atoms with Crippen molar-refractivity contribution in [3.8, 4) is 0 Å². The molecule has 0 atom stereocenters. The Labute approximate surface area is 112 Å². The van der Waals surface area contributed by atoms with Crippen LogP contribution in [0.4, 0.5) is 0 Å². The van der Waals surface area contributed by atoms with Gasteiger partial charge in [-0.1, -0.05) is 5.16 Å². The van der Waals surface area contributed by atoms with Crippen molar-refractivity contribution in [2.45, 2.75) is 13.3 Å². The van der Waals surface area contributed by atoms with Crippen molar-refractivity contribution in [1.82, 2.24) is 20.4 Å². The molecule has 2 rings (SSSR count). The van der Waals surface area contributed by atoms with E-state index in [0.717, 1.165) is 0 Å². The number of carbonyl (C=O) groups excluding carboxylic acids is 1. The molecule has 0 radical (unpaired) electrons. The molecule has 0 spiro atoms. The number of aromatic nitrogens is 3. The minimum atomic E-state index is -0.171.